The number of benzene rings is 4. The normalized spacial score (nSPS) is 24.5. The van der Waals surface area contributed by atoms with Crippen LogP contribution in [0.4, 0.5) is 5.69 Å². The molecule has 0 aromatic heterocycles. The van der Waals surface area contributed by atoms with Gasteiger partial charge in [0.2, 0.25) is 24.5 Å². The molecule has 0 spiro atoms. The summed E-state index contributed by atoms with van der Waals surface area (Å²) in [6.45, 7) is 0.159. The quantitative estimate of drug-likeness (QED) is 0.225. The van der Waals surface area contributed by atoms with E-state index in [9.17, 15) is 14.4 Å². The van der Waals surface area contributed by atoms with E-state index in [2.05, 4.69) is 10.5 Å². The first-order valence-corrected chi connectivity index (χ1v) is 13.9. The van der Waals surface area contributed by atoms with Crippen molar-refractivity contribution in [3.8, 4) is 11.5 Å². The van der Waals surface area contributed by atoms with Gasteiger partial charge in [0, 0.05) is 12.1 Å². The zero-order chi connectivity index (χ0) is 28.4. The average Bonchev–Trinajstić information content (AvgIpc) is 3.59. The maximum atomic E-state index is 14.3. The van der Waals surface area contributed by atoms with E-state index in [1.54, 1.807) is 30.5 Å². The molecule has 3 aliphatic carbocycles. The number of fused-ring (bicyclic) bond motifs is 1. The molecule has 1 fully saturated rings. The van der Waals surface area contributed by atoms with Crippen molar-refractivity contribution < 1.29 is 23.9 Å². The third-order valence-electron chi connectivity index (χ3n) is 8.96. The Kier molecular flexibility index (Phi) is 5.34. The van der Waals surface area contributed by atoms with Gasteiger partial charge in [0.25, 0.3) is 0 Å². The van der Waals surface area contributed by atoms with Crippen molar-refractivity contribution in [2.75, 3.05) is 11.7 Å². The van der Waals surface area contributed by atoms with Gasteiger partial charge in [-0.3, -0.25) is 14.4 Å². The number of rotatable bonds is 5. The molecule has 0 saturated carbocycles. The molecule has 4 aromatic carbocycles. The number of carbonyl (C=O) groups is 3. The second-order valence-electron chi connectivity index (χ2n) is 11.0. The van der Waals surface area contributed by atoms with E-state index in [-0.39, 0.29) is 36.9 Å². The molecule has 2 heterocycles. The molecule has 0 radical (unpaired) electrons. The van der Waals surface area contributed by atoms with Crippen molar-refractivity contribution in [3.63, 3.8) is 0 Å². The van der Waals surface area contributed by atoms with Gasteiger partial charge in [-0.25, -0.2) is 10.3 Å². The molecule has 0 unspecified atom stereocenters. The van der Waals surface area contributed by atoms with Crippen LogP contribution in [0.2, 0.25) is 0 Å². The molecule has 206 valence electrons. The minimum absolute atomic E-state index is 0.0848. The lowest BCUT2D eigenvalue weighted by molar-refractivity contribution is -0.123. The standard InChI is InChI=1S/C34H25N3O5/c38-28(17-20-14-15-26-27(16-20)42-19-41-26)36-35-18-34-24-12-6-4-10-22(24)29(23-11-5-7-13-25(23)34)30-31(34)33(40)37(32(30)39)21-8-2-1-3-9-21/h1-16,18,29-31H,17,19H2,(H,36,38)/b35-18-/t29?,30-,31-,34?/m1/s1. The largest absolute Gasteiger partial charge is 0.454 e. The fourth-order valence-corrected chi connectivity index (χ4v) is 7.36. The summed E-state index contributed by atoms with van der Waals surface area (Å²) in [4.78, 5) is 42.8. The van der Waals surface area contributed by atoms with Crippen LogP contribution in [0.1, 0.15) is 33.7 Å². The fourth-order valence-electron chi connectivity index (χ4n) is 7.36. The molecule has 1 N–H and O–H groups in total. The summed E-state index contributed by atoms with van der Waals surface area (Å²) in [7, 11) is 0. The van der Waals surface area contributed by atoms with Crippen LogP contribution in [0.5, 0.6) is 11.5 Å². The Morgan fingerprint density at radius 3 is 2.26 bits per heavy atom. The van der Waals surface area contributed by atoms with E-state index in [1.165, 1.54) is 4.90 Å². The summed E-state index contributed by atoms with van der Waals surface area (Å²) < 4.78 is 10.8. The van der Waals surface area contributed by atoms with Crippen molar-refractivity contribution in [2.24, 2.45) is 16.9 Å². The van der Waals surface area contributed by atoms with Gasteiger partial charge >= 0.3 is 0 Å². The predicted molar refractivity (Wildman–Crippen MR) is 154 cm³/mol. The van der Waals surface area contributed by atoms with E-state index in [1.807, 2.05) is 72.8 Å². The van der Waals surface area contributed by atoms with Gasteiger partial charge < -0.3 is 9.47 Å². The van der Waals surface area contributed by atoms with E-state index in [0.717, 1.165) is 27.8 Å². The van der Waals surface area contributed by atoms with Gasteiger partial charge in [-0.2, -0.15) is 5.10 Å². The lowest BCUT2D eigenvalue weighted by atomic mass is 9.47. The van der Waals surface area contributed by atoms with Crippen LogP contribution in [0.3, 0.4) is 0 Å². The number of nitrogens with one attached hydrogen (secondary N) is 1. The van der Waals surface area contributed by atoms with Crippen molar-refractivity contribution >= 4 is 29.6 Å². The summed E-state index contributed by atoms with van der Waals surface area (Å²) in [6.07, 6.45) is 1.76. The smallest absolute Gasteiger partial charge is 0.244 e. The molecule has 4 aromatic rings. The summed E-state index contributed by atoms with van der Waals surface area (Å²) in [5.41, 5.74) is 6.82. The third kappa shape index (κ3) is 3.35. The third-order valence-corrected chi connectivity index (χ3v) is 8.96. The number of anilines is 1. The first-order chi connectivity index (χ1) is 20.6. The van der Waals surface area contributed by atoms with E-state index >= 15 is 0 Å². The first-order valence-electron chi connectivity index (χ1n) is 13.9. The molecule has 2 aliphatic heterocycles. The van der Waals surface area contributed by atoms with Crippen LogP contribution in [-0.2, 0) is 26.2 Å². The topological polar surface area (TPSA) is 97.3 Å². The summed E-state index contributed by atoms with van der Waals surface area (Å²) >= 11 is 0. The zero-order valence-electron chi connectivity index (χ0n) is 22.4. The second kappa shape index (κ2) is 9.14. The van der Waals surface area contributed by atoms with Crippen LogP contribution < -0.4 is 19.8 Å². The van der Waals surface area contributed by atoms with Crippen LogP contribution in [0.25, 0.3) is 0 Å². The lowest BCUT2D eigenvalue weighted by Crippen LogP contribution is -2.54. The number of nitrogens with zero attached hydrogens (tertiary/aromatic N) is 2. The molecule has 42 heavy (non-hydrogen) atoms. The average molecular weight is 556 g/mol. The molecule has 9 rings (SSSR count). The Morgan fingerprint density at radius 2 is 1.52 bits per heavy atom. The van der Waals surface area contributed by atoms with Gasteiger partial charge in [-0.05, 0) is 52.1 Å². The Labute approximate surface area is 241 Å². The molecule has 1 saturated heterocycles. The summed E-state index contributed by atoms with van der Waals surface area (Å²) in [5.74, 6) is -1.11. The molecule has 3 amide bonds. The zero-order valence-corrected chi connectivity index (χ0v) is 22.4. The molecule has 8 nitrogen and oxygen atoms in total. The van der Waals surface area contributed by atoms with Gasteiger partial charge in [0.15, 0.2) is 11.5 Å². The number of ether oxygens (including phenoxy) is 2. The minimum atomic E-state index is -1.05. The number of amides is 3. The Balaban J connectivity index is 1.21. The van der Waals surface area contributed by atoms with Gasteiger partial charge in [-0.1, -0.05) is 72.8 Å². The highest BCUT2D eigenvalue weighted by atomic mass is 16.7. The highest BCUT2D eigenvalue weighted by molar-refractivity contribution is 6.25. The monoisotopic (exact) mass is 555 g/mol. The SMILES string of the molecule is O=C(Cc1ccc2c(c1)OCO2)N/N=C\C12c3ccccc3C(c3ccccc31)[C@H]1C(=O)N(c3ccccc3)C(=O)[C@@H]12. The molecule has 5 aliphatic rings. The Bertz CT molecular complexity index is 1770. The number of para-hydroxylation sites is 1. The van der Waals surface area contributed by atoms with Crippen molar-refractivity contribution in [2.45, 2.75) is 17.8 Å². The van der Waals surface area contributed by atoms with E-state index in [0.29, 0.717) is 17.2 Å². The van der Waals surface area contributed by atoms with Gasteiger partial charge in [0.1, 0.15) is 0 Å². The van der Waals surface area contributed by atoms with Crippen molar-refractivity contribution in [1.29, 1.82) is 0 Å². The predicted octanol–water partition coefficient (Wildman–Crippen LogP) is 4.31. The number of hydrogen-bond donors (Lipinski definition) is 1. The summed E-state index contributed by atoms with van der Waals surface area (Å²) in [6, 6.07) is 30.4. The number of hydrazone groups is 1. The summed E-state index contributed by atoms with van der Waals surface area (Å²) in [5, 5.41) is 4.48. The Hall–Kier alpha value is -5.24. The second-order valence-corrected chi connectivity index (χ2v) is 11.0. The van der Waals surface area contributed by atoms with Gasteiger partial charge in [0.05, 0.1) is 29.4 Å². The van der Waals surface area contributed by atoms with E-state index < -0.39 is 17.3 Å². The molecule has 2 bridgehead atoms. The van der Waals surface area contributed by atoms with Crippen molar-refractivity contribution in [1.82, 2.24) is 5.43 Å². The van der Waals surface area contributed by atoms with Crippen LogP contribution in [0.15, 0.2) is 102 Å². The number of hydrogen-bond acceptors (Lipinski definition) is 6. The lowest BCUT2D eigenvalue weighted by Gasteiger charge is -2.52. The van der Waals surface area contributed by atoms with Crippen molar-refractivity contribution in [3.05, 3.63) is 125 Å². The fraction of sp³-hybridized carbons (Fsp3) is 0.176. The van der Waals surface area contributed by atoms with Crippen LogP contribution in [-0.4, -0.2) is 30.7 Å². The molecular formula is C34H25N3O5. The van der Waals surface area contributed by atoms with Gasteiger partial charge in [-0.15, -0.1) is 0 Å². The van der Waals surface area contributed by atoms with Crippen LogP contribution in [0, 0.1) is 11.8 Å². The minimum Gasteiger partial charge on any atom is -0.454 e. The maximum Gasteiger partial charge on any atom is 0.244 e. The highest BCUT2D eigenvalue weighted by Crippen LogP contribution is 2.63. The molecule has 8 heteroatoms. The highest BCUT2D eigenvalue weighted by Gasteiger charge is 2.68. The van der Waals surface area contributed by atoms with Crippen LogP contribution >= 0.6 is 0 Å². The molecular weight excluding hydrogens is 530 g/mol. The first kappa shape index (κ1) is 24.5. The maximum absolute atomic E-state index is 14.3. The number of imide groups is 1. The molecule has 2 atom stereocenters. The number of carbonyl (C=O) groups excluding carboxylic acids is 3. The van der Waals surface area contributed by atoms with E-state index in [4.69, 9.17) is 9.47 Å². The Morgan fingerprint density at radius 1 is 0.857 bits per heavy atom.